The number of hydrogen-bond acceptors (Lipinski definition) is 7. The molecule has 10 heteroatoms. The van der Waals surface area contributed by atoms with E-state index in [1.54, 1.807) is 13.8 Å². The van der Waals surface area contributed by atoms with Gasteiger partial charge in [0.05, 0.1) is 25.4 Å². The van der Waals surface area contributed by atoms with E-state index in [0.717, 1.165) is 22.1 Å². The van der Waals surface area contributed by atoms with Gasteiger partial charge in [-0.15, -0.1) is 0 Å². The number of aryl methyl sites for hydroxylation is 1. The van der Waals surface area contributed by atoms with Crippen molar-refractivity contribution in [2.75, 3.05) is 39.5 Å². The lowest BCUT2D eigenvalue weighted by molar-refractivity contribution is -0.130. The zero-order valence-electron chi connectivity index (χ0n) is 22.2. The molecule has 1 atom stereocenters. The van der Waals surface area contributed by atoms with E-state index in [1.807, 2.05) is 24.3 Å². The molecule has 0 aliphatic rings. The predicted molar refractivity (Wildman–Crippen MR) is 150 cm³/mol. The van der Waals surface area contributed by atoms with Gasteiger partial charge in [0.1, 0.15) is 12.6 Å². The average molecular weight is 619 g/mol. The van der Waals surface area contributed by atoms with E-state index >= 15 is 0 Å². The molecule has 1 aromatic carbocycles. The van der Waals surface area contributed by atoms with Crippen LogP contribution in [-0.2, 0) is 30.3 Å². The molecule has 0 aliphatic heterocycles. The van der Waals surface area contributed by atoms with Crippen LogP contribution in [0.25, 0.3) is 0 Å². The number of benzene rings is 1. The van der Waals surface area contributed by atoms with Crippen LogP contribution in [0.5, 0.6) is 0 Å². The standard InChI is InChI=1S/C26H43IN4O5/c1-6-25(2,3)30-13-14-35-15-16-36-18-22(32)26(4,5)31-21(24(28)34)17-29-23(33)12-9-19-7-10-20(27)11-8-19/h7-8,10-11,21,30-31H,6,9,12-18H2,1-5H3,(H2,28,34)(H,29,33)/t21-/m1/s1. The van der Waals surface area contributed by atoms with Crippen molar-refractivity contribution in [3.8, 4) is 0 Å². The Labute approximate surface area is 229 Å². The van der Waals surface area contributed by atoms with Gasteiger partial charge in [0, 0.05) is 28.6 Å². The molecular formula is C26H43IN4O5. The maximum atomic E-state index is 12.6. The fraction of sp³-hybridized carbons (Fsp3) is 0.654. The van der Waals surface area contributed by atoms with E-state index in [2.05, 4.69) is 59.3 Å². The molecule has 9 nitrogen and oxygen atoms in total. The summed E-state index contributed by atoms with van der Waals surface area (Å²) >= 11 is 2.23. The summed E-state index contributed by atoms with van der Waals surface area (Å²) in [6.45, 7) is 11.6. The molecule has 0 aromatic heterocycles. The Morgan fingerprint density at radius 1 is 1.03 bits per heavy atom. The Morgan fingerprint density at radius 3 is 2.28 bits per heavy atom. The van der Waals surface area contributed by atoms with Gasteiger partial charge in [-0.3, -0.25) is 19.7 Å². The monoisotopic (exact) mass is 618 g/mol. The second-order valence-electron chi connectivity index (χ2n) is 9.91. The molecule has 0 aliphatic carbocycles. The molecule has 0 radical (unpaired) electrons. The minimum Gasteiger partial charge on any atom is -0.378 e. The summed E-state index contributed by atoms with van der Waals surface area (Å²) in [5.41, 5.74) is 5.58. The van der Waals surface area contributed by atoms with E-state index in [-0.39, 0.29) is 43.4 Å². The van der Waals surface area contributed by atoms with Crippen LogP contribution in [-0.4, -0.2) is 74.2 Å². The van der Waals surface area contributed by atoms with E-state index in [9.17, 15) is 14.4 Å². The zero-order chi connectivity index (χ0) is 27.2. The van der Waals surface area contributed by atoms with Crippen molar-refractivity contribution in [2.24, 2.45) is 5.73 Å². The first-order valence-electron chi connectivity index (χ1n) is 12.4. The number of nitrogens with one attached hydrogen (secondary N) is 3. The maximum absolute atomic E-state index is 12.6. The Bertz CT molecular complexity index is 830. The Balaban J connectivity index is 2.33. The Kier molecular flexibility index (Phi) is 14.7. The first-order chi connectivity index (χ1) is 16.9. The third-order valence-electron chi connectivity index (χ3n) is 5.97. The predicted octanol–water partition coefficient (Wildman–Crippen LogP) is 1.94. The largest absolute Gasteiger partial charge is 0.378 e. The van der Waals surface area contributed by atoms with Gasteiger partial charge in [-0.25, -0.2) is 0 Å². The fourth-order valence-electron chi connectivity index (χ4n) is 3.10. The second kappa shape index (κ2) is 16.3. The maximum Gasteiger partial charge on any atom is 0.236 e. The van der Waals surface area contributed by atoms with Crippen LogP contribution in [0, 0.1) is 3.57 Å². The number of Topliss-reactive ketones (excluding diaryl/α,β-unsaturated/α-hetero) is 1. The first-order valence-corrected chi connectivity index (χ1v) is 13.5. The van der Waals surface area contributed by atoms with Crippen molar-refractivity contribution in [1.82, 2.24) is 16.0 Å². The number of carbonyl (C=O) groups excluding carboxylic acids is 3. The minimum atomic E-state index is -1.07. The third-order valence-corrected chi connectivity index (χ3v) is 6.69. The molecule has 0 heterocycles. The molecular weight excluding hydrogens is 575 g/mol. The number of ether oxygens (including phenoxy) is 2. The Hall–Kier alpha value is -1.60. The normalized spacial score (nSPS) is 12.8. The lowest BCUT2D eigenvalue weighted by atomic mass is 9.98. The van der Waals surface area contributed by atoms with Crippen molar-refractivity contribution in [3.63, 3.8) is 0 Å². The SMILES string of the molecule is CCC(C)(C)NCCOCCOCC(=O)C(C)(C)N[C@H](CNC(=O)CCc1ccc(I)cc1)C(N)=O. The summed E-state index contributed by atoms with van der Waals surface area (Å²) in [5.74, 6) is -1.07. The third kappa shape index (κ3) is 13.6. The molecule has 204 valence electrons. The zero-order valence-corrected chi connectivity index (χ0v) is 24.4. The first kappa shape index (κ1) is 32.4. The quantitative estimate of drug-likeness (QED) is 0.138. The van der Waals surface area contributed by atoms with Gasteiger partial charge in [0.25, 0.3) is 0 Å². The number of primary amides is 1. The molecule has 0 saturated carbocycles. The van der Waals surface area contributed by atoms with Crippen molar-refractivity contribution in [2.45, 2.75) is 71.0 Å². The number of amides is 2. The average Bonchev–Trinajstić information content (AvgIpc) is 2.82. The van der Waals surface area contributed by atoms with Crippen LogP contribution in [0.1, 0.15) is 53.0 Å². The molecule has 0 unspecified atom stereocenters. The van der Waals surface area contributed by atoms with Gasteiger partial charge in [-0.05, 0) is 80.8 Å². The van der Waals surface area contributed by atoms with Crippen LogP contribution in [0.15, 0.2) is 24.3 Å². The highest BCUT2D eigenvalue weighted by molar-refractivity contribution is 14.1. The molecule has 1 rings (SSSR count). The van der Waals surface area contributed by atoms with E-state index < -0.39 is 17.5 Å². The molecule has 0 fully saturated rings. The summed E-state index contributed by atoms with van der Waals surface area (Å²) in [6.07, 6.45) is 1.91. The molecule has 0 bridgehead atoms. The lowest BCUT2D eigenvalue weighted by Gasteiger charge is -2.29. The second-order valence-corrected chi connectivity index (χ2v) is 11.2. The molecule has 1 aromatic rings. The van der Waals surface area contributed by atoms with E-state index in [1.165, 1.54) is 0 Å². The van der Waals surface area contributed by atoms with Crippen LogP contribution in [0.2, 0.25) is 0 Å². The van der Waals surface area contributed by atoms with Gasteiger partial charge in [0.15, 0.2) is 5.78 Å². The summed E-state index contributed by atoms with van der Waals surface area (Å²) in [4.78, 5) is 36.8. The van der Waals surface area contributed by atoms with Crippen molar-refractivity contribution in [1.29, 1.82) is 0 Å². The minimum absolute atomic E-state index is 0.00483. The summed E-state index contributed by atoms with van der Waals surface area (Å²) in [7, 11) is 0. The van der Waals surface area contributed by atoms with Crippen LogP contribution in [0.4, 0.5) is 0 Å². The highest BCUT2D eigenvalue weighted by Gasteiger charge is 2.32. The van der Waals surface area contributed by atoms with Gasteiger partial charge in [0.2, 0.25) is 11.8 Å². The number of halogens is 1. The van der Waals surface area contributed by atoms with Crippen LogP contribution < -0.4 is 21.7 Å². The molecule has 2 amide bonds. The van der Waals surface area contributed by atoms with E-state index in [0.29, 0.717) is 19.6 Å². The molecule has 0 spiro atoms. The summed E-state index contributed by atoms with van der Waals surface area (Å²) in [6, 6.07) is 7.05. The Morgan fingerprint density at radius 2 is 1.67 bits per heavy atom. The number of hydrogen-bond donors (Lipinski definition) is 4. The number of carbonyl (C=O) groups is 3. The van der Waals surface area contributed by atoms with Crippen molar-refractivity contribution < 1.29 is 23.9 Å². The van der Waals surface area contributed by atoms with Gasteiger partial charge in [-0.2, -0.15) is 0 Å². The molecule has 5 N–H and O–H groups in total. The summed E-state index contributed by atoms with van der Waals surface area (Å²) < 4.78 is 12.1. The lowest BCUT2D eigenvalue weighted by Crippen LogP contribution is -2.59. The topological polar surface area (TPSA) is 132 Å². The highest BCUT2D eigenvalue weighted by Crippen LogP contribution is 2.09. The van der Waals surface area contributed by atoms with Crippen molar-refractivity contribution in [3.05, 3.63) is 33.4 Å². The van der Waals surface area contributed by atoms with Crippen LogP contribution >= 0.6 is 22.6 Å². The van der Waals surface area contributed by atoms with Crippen LogP contribution in [0.3, 0.4) is 0 Å². The number of ketones is 1. The smallest absolute Gasteiger partial charge is 0.236 e. The van der Waals surface area contributed by atoms with E-state index in [4.69, 9.17) is 15.2 Å². The van der Waals surface area contributed by atoms with Crippen molar-refractivity contribution >= 4 is 40.2 Å². The molecule has 36 heavy (non-hydrogen) atoms. The molecule has 0 saturated heterocycles. The van der Waals surface area contributed by atoms with Gasteiger partial charge in [-0.1, -0.05) is 19.1 Å². The van der Waals surface area contributed by atoms with Gasteiger partial charge >= 0.3 is 0 Å². The number of rotatable bonds is 19. The number of nitrogens with two attached hydrogens (primary N) is 1. The van der Waals surface area contributed by atoms with Gasteiger partial charge < -0.3 is 25.8 Å². The summed E-state index contributed by atoms with van der Waals surface area (Å²) in [5, 5.41) is 9.09. The highest BCUT2D eigenvalue weighted by atomic mass is 127. The fourth-order valence-corrected chi connectivity index (χ4v) is 3.46.